The van der Waals surface area contributed by atoms with Gasteiger partial charge in [0.15, 0.2) is 0 Å². The van der Waals surface area contributed by atoms with Crippen molar-refractivity contribution in [1.29, 1.82) is 0 Å². The molecule has 0 saturated heterocycles. The average molecular weight is 451 g/mol. The number of allylic oxidation sites excluding steroid dienone is 8. The van der Waals surface area contributed by atoms with Crippen molar-refractivity contribution >= 4 is 8.07 Å². The highest BCUT2D eigenvalue weighted by Crippen LogP contribution is 2.62. The Labute approximate surface area is 200 Å². The van der Waals surface area contributed by atoms with Crippen molar-refractivity contribution in [1.82, 2.24) is 0 Å². The second-order valence-electron chi connectivity index (χ2n) is 13.4. The van der Waals surface area contributed by atoms with Crippen LogP contribution in [0, 0.1) is 35.0 Å². The van der Waals surface area contributed by atoms with Crippen LogP contribution in [0.4, 0.5) is 0 Å². The number of rotatable bonds is 9. The van der Waals surface area contributed by atoms with Crippen LogP contribution in [0.2, 0.25) is 24.2 Å². The molecule has 0 spiro atoms. The fourth-order valence-corrected chi connectivity index (χ4v) is 13.0. The number of hydrogen-bond acceptors (Lipinski definition) is 0. The fourth-order valence-electron chi connectivity index (χ4n) is 7.92. The van der Waals surface area contributed by atoms with Gasteiger partial charge in [-0.15, -0.1) is 0 Å². The van der Waals surface area contributed by atoms with Crippen LogP contribution in [0.15, 0.2) is 48.6 Å². The van der Waals surface area contributed by atoms with E-state index >= 15 is 0 Å². The van der Waals surface area contributed by atoms with Gasteiger partial charge in [0.2, 0.25) is 0 Å². The molecule has 32 heavy (non-hydrogen) atoms. The maximum absolute atomic E-state index is 2.78. The Morgan fingerprint density at radius 1 is 0.688 bits per heavy atom. The van der Waals surface area contributed by atoms with Gasteiger partial charge in [0, 0.05) is 0 Å². The van der Waals surface area contributed by atoms with Crippen molar-refractivity contribution in [2.24, 2.45) is 35.0 Å². The monoisotopic (exact) mass is 450 g/mol. The van der Waals surface area contributed by atoms with E-state index in [-0.39, 0.29) is 0 Å². The van der Waals surface area contributed by atoms with Gasteiger partial charge in [-0.2, -0.15) is 0 Å². The molecule has 1 heteroatoms. The molecule has 0 nitrogen and oxygen atoms in total. The smallest absolute Gasteiger partial charge is 0.0548 e. The minimum absolute atomic E-state index is 0.516. The first-order chi connectivity index (χ1) is 15.3. The Bertz CT molecular complexity index is 696. The van der Waals surface area contributed by atoms with Crippen LogP contribution >= 0.6 is 0 Å². The lowest BCUT2D eigenvalue weighted by molar-refractivity contribution is 0.355. The molecule has 0 aromatic rings. The van der Waals surface area contributed by atoms with Gasteiger partial charge < -0.3 is 0 Å². The van der Waals surface area contributed by atoms with Crippen molar-refractivity contribution in [3.8, 4) is 0 Å². The molecule has 2 saturated carbocycles. The first-order valence-electron chi connectivity index (χ1n) is 14.0. The van der Waals surface area contributed by atoms with Gasteiger partial charge in [0.05, 0.1) is 8.07 Å². The van der Waals surface area contributed by atoms with Crippen LogP contribution in [-0.2, 0) is 0 Å². The van der Waals surface area contributed by atoms with E-state index in [1.54, 1.807) is 6.42 Å². The molecule has 0 aromatic heterocycles. The quantitative estimate of drug-likeness (QED) is 0.242. The molecule has 0 radical (unpaired) electrons. The number of hydrogen-bond donors (Lipinski definition) is 0. The third-order valence-electron chi connectivity index (χ3n) is 9.71. The molecule has 178 valence electrons. The lowest BCUT2D eigenvalue weighted by atomic mass is 9.83. The van der Waals surface area contributed by atoms with E-state index in [1.807, 2.05) is 0 Å². The molecule has 0 amide bonds. The van der Waals surface area contributed by atoms with Gasteiger partial charge in [-0.05, 0) is 58.9 Å². The lowest BCUT2D eigenvalue weighted by Gasteiger charge is -2.42. The molecule has 0 aliphatic heterocycles. The third-order valence-corrected chi connectivity index (χ3v) is 14.8. The van der Waals surface area contributed by atoms with Gasteiger partial charge in [0.1, 0.15) is 0 Å². The van der Waals surface area contributed by atoms with Crippen LogP contribution in [0.5, 0.6) is 0 Å². The predicted octanol–water partition coefficient (Wildman–Crippen LogP) is 9.74. The highest BCUT2D eigenvalue weighted by atomic mass is 28.3. The summed E-state index contributed by atoms with van der Waals surface area (Å²) in [5.74, 6) is 4.10. The highest BCUT2D eigenvalue weighted by molar-refractivity contribution is 6.80. The summed E-state index contributed by atoms with van der Waals surface area (Å²) in [6.45, 7) is 12.7. The van der Waals surface area contributed by atoms with Gasteiger partial charge in [-0.1, -0.05) is 134 Å². The van der Waals surface area contributed by atoms with Gasteiger partial charge in [-0.3, -0.25) is 0 Å². The van der Waals surface area contributed by atoms with Gasteiger partial charge >= 0.3 is 0 Å². The second-order valence-corrected chi connectivity index (χ2v) is 18.6. The van der Waals surface area contributed by atoms with Crippen molar-refractivity contribution in [3.05, 3.63) is 48.6 Å². The Morgan fingerprint density at radius 2 is 1.22 bits per heavy atom. The Hall–Kier alpha value is -0.823. The summed E-state index contributed by atoms with van der Waals surface area (Å²) >= 11 is 0. The molecule has 2 fully saturated rings. The number of unbranched alkanes of at least 4 members (excludes halogenated alkanes) is 4. The molecule has 0 aromatic carbocycles. The summed E-state index contributed by atoms with van der Waals surface area (Å²) in [6, 6.07) is 0. The van der Waals surface area contributed by atoms with E-state index in [4.69, 9.17) is 0 Å². The summed E-state index contributed by atoms with van der Waals surface area (Å²) < 4.78 is 0. The second kappa shape index (κ2) is 10.2. The maximum Gasteiger partial charge on any atom is 0.0548 e. The highest BCUT2D eigenvalue weighted by Gasteiger charge is 2.55. The molecule has 4 aliphatic carbocycles. The van der Waals surface area contributed by atoms with Crippen molar-refractivity contribution in [2.45, 2.75) is 109 Å². The largest absolute Gasteiger partial charge is 0.0808 e. The van der Waals surface area contributed by atoms with Crippen LogP contribution in [0.1, 0.15) is 85.0 Å². The molecule has 4 aliphatic rings. The lowest BCUT2D eigenvalue weighted by Crippen LogP contribution is -2.42. The third kappa shape index (κ3) is 5.45. The minimum Gasteiger partial charge on any atom is -0.0808 e. The maximum atomic E-state index is 2.78. The molecule has 4 rings (SSSR count). The van der Waals surface area contributed by atoms with E-state index in [1.165, 1.54) is 57.8 Å². The molecular weight excluding hydrogens is 400 g/mol. The molecule has 0 bridgehead atoms. The van der Waals surface area contributed by atoms with Crippen LogP contribution < -0.4 is 0 Å². The molecular formula is C31H50Si. The first-order valence-corrected chi connectivity index (χ1v) is 17.1. The average Bonchev–Trinajstić information content (AvgIpc) is 3.36. The zero-order chi connectivity index (χ0) is 22.8. The van der Waals surface area contributed by atoms with Crippen molar-refractivity contribution in [2.75, 3.05) is 0 Å². The minimum atomic E-state index is -1.35. The zero-order valence-corrected chi connectivity index (χ0v) is 22.7. The van der Waals surface area contributed by atoms with E-state index in [9.17, 15) is 0 Å². The summed E-state index contributed by atoms with van der Waals surface area (Å²) in [6.07, 6.45) is 34.4. The Kier molecular flexibility index (Phi) is 7.75. The number of fused-ring (bicyclic) bond motifs is 3. The van der Waals surface area contributed by atoms with E-state index in [0.717, 1.165) is 40.7 Å². The molecule has 0 N–H and O–H groups in total. The topological polar surface area (TPSA) is 0 Å². The standard InChI is InChI=1S/C31H50Si/c1-31(2,3)22-14-8-6-7-9-15-24-20-21-25(23-24)32(4,5)30-28-18-12-10-16-26(28)27-17-11-13-19-29(27)30/h10-13,16-19,24-30H,6-9,14-15,20-23H2,1-5H3. The molecule has 6 unspecified atom stereocenters. The molecule has 0 heterocycles. The van der Waals surface area contributed by atoms with Crippen LogP contribution in [-0.4, -0.2) is 8.07 Å². The SMILES string of the molecule is CC(C)(C)CCCCCCCC1CCC([Si](C)(C)C2C3C=CC=CC3C3C=CC=CC32)C1. The zero-order valence-electron chi connectivity index (χ0n) is 21.7. The fraction of sp³-hybridized carbons (Fsp3) is 0.742. The summed E-state index contributed by atoms with van der Waals surface area (Å²) in [7, 11) is -1.35. The Balaban J connectivity index is 1.27. The predicted molar refractivity (Wildman–Crippen MR) is 145 cm³/mol. The van der Waals surface area contributed by atoms with Crippen molar-refractivity contribution < 1.29 is 0 Å². The van der Waals surface area contributed by atoms with E-state index in [2.05, 4.69) is 82.5 Å². The molecule has 6 atom stereocenters. The normalized spacial score (nSPS) is 36.0. The summed E-state index contributed by atoms with van der Waals surface area (Å²) in [5.41, 5.74) is 2.48. The van der Waals surface area contributed by atoms with Gasteiger partial charge in [0.25, 0.3) is 0 Å². The van der Waals surface area contributed by atoms with Crippen LogP contribution in [0.25, 0.3) is 0 Å². The summed E-state index contributed by atoms with van der Waals surface area (Å²) in [4.78, 5) is 0. The summed E-state index contributed by atoms with van der Waals surface area (Å²) in [5, 5.41) is 0. The van der Waals surface area contributed by atoms with E-state index in [0.29, 0.717) is 5.41 Å². The van der Waals surface area contributed by atoms with Gasteiger partial charge in [-0.25, -0.2) is 0 Å². The van der Waals surface area contributed by atoms with Crippen LogP contribution in [0.3, 0.4) is 0 Å². The van der Waals surface area contributed by atoms with Crippen molar-refractivity contribution in [3.63, 3.8) is 0 Å². The van der Waals surface area contributed by atoms with E-state index < -0.39 is 8.07 Å². The first kappa shape index (κ1) is 24.3. The Morgan fingerprint density at radius 3 is 1.81 bits per heavy atom.